The summed E-state index contributed by atoms with van der Waals surface area (Å²) in [5, 5.41) is 4.26. The van der Waals surface area contributed by atoms with E-state index < -0.39 is 43.4 Å². The molecule has 0 fully saturated rings. The molecule has 0 radical (unpaired) electrons. The van der Waals surface area contributed by atoms with Crippen molar-refractivity contribution >= 4 is 5.84 Å². The number of ether oxygens (including phenoxy) is 2. The molecule has 6 nitrogen and oxygen atoms in total. The van der Waals surface area contributed by atoms with E-state index in [1.807, 2.05) is 0 Å². The van der Waals surface area contributed by atoms with Gasteiger partial charge >= 0.3 is 19.2 Å². The van der Waals surface area contributed by atoms with E-state index in [-0.39, 0.29) is 29.1 Å². The van der Waals surface area contributed by atoms with Gasteiger partial charge in [0.1, 0.15) is 17.3 Å². The zero-order valence-electron chi connectivity index (χ0n) is 20.1. The van der Waals surface area contributed by atoms with Crippen LogP contribution in [0.5, 0.6) is 11.5 Å². The molecule has 0 amide bonds. The van der Waals surface area contributed by atoms with Crippen LogP contribution in [0.4, 0.5) is 35.1 Å². The van der Waals surface area contributed by atoms with Gasteiger partial charge in [0.2, 0.25) is 0 Å². The first-order chi connectivity index (χ1) is 17.2. The van der Waals surface area contributed by atoms with Gasteiger partial charge in [-0.15, -0.1) is 13.2 Å². The molecular formula is C23H26F8N4O2. The molecule has 0 aliphatic rings. The second-order valence-corrected chi connectivity index (χ2v) is 7.78. The summed E-state index contributed by atoms with van der Waals surface area (Å²) in [5.74, 6) is -0.637. The number of benzene rings is 2. The van der Waals surface area contributed by atoms with Crippen LogP contribution in [0.3, 0.4) is 0 Å². The third-order valence-electron chi connectivity index (χ3n) is 5.35. The molecule has 2 aromatic carbocycles. The largest absolute Gasteiger partial charge is 0.573 e. The summed E-state index contributed by atoms with van der Waals surface area (Å²) in [6.45, 7) is -3.84. The van der Waals surface area contributed by atoms with Gasteiger partial charge in [-0.2, -0.15) is 22.0 Å². The summed E-state index contributed by atoms with van der Waals surface area (Å²) in [7, 11) is 4.55. The predicted molar refractivity (Wildman–Crippen MR) is 120 cm³/mol. The maximum absolute atomic E-state index is 13.1. The van der Waals surface area contributed by atoms with Crippen LogP contribution in [-0.4, -0.2) is 57.7 Å². The minimum absolute atomic E-state index is 0.0660. The van der Waals surface area contributed by atoms with Crippen LogP contribution >= 0.6 is 0 Å². The molecule has 0 aliphatic heterocycles. The molecule has 0 spiro atoms. The number of alkyl halides is 8. The minimum Gasteiger partial charge on any atom is -0.435 e. The fraction of sp³-hybridized carbons (Fsp3) is 0.435. The average molecular weight is 542 g/mol. The summed E-state index contributed by atoms with van der Waals surface area (Å²) in [6.07, 6.45) is -11.1. The van der Waals surface area contributed by atoms with E-state index in [9.17, 15) is 35.1 Å². The van der Waals surface area contributed by atoms with Gasteiger partial charge < -0.3 is 14.8 Å². The Bertz CT molecular complexity index is 1050. The zero-order chi connectivity index (χ0) is 27.9. The second kappa shape index (κ2) is 12.4. The minimum atomic E-state index is -5.03. The fourth-order valence-corrected chi connectivity index (χ4v) is 3.67. The number of hydrogen-bond donors (Lipinski definition) is 2. The van der Waals surface area contributed by atoms with E-state index in [0.29, 0.717) is 0 Å². The van der Waals surface area contributed by atoms with Crippen LogP contribution in [-0.2, 0) is 5.54 Å². The van der Waals surface area contributed by atoms with E-state index in [0.717, 1.165) is 12.1 Å². The monoisotopic (exact) mass is 542 g/mol. The number of amidine groups is 1. The van der Waals surface area contributed by atoms with E-state index in [4.69, 9.17) is 0 Å². The number of nitrogens with one attached hydrogen (secondary N) is 2. The fourth-order valence-electron chi connectivity index (χ4n) is 3.67. The molecule has 2 aromatic rings. The highest BCUT2D eigenvalue weighted by atomic mass is 19.4. The zero-order valence-corrected chi connectivity index (χ0v) is 20.1. The highest BCUT2D eigenvalue weighted by molar-refractivity contribution is 5.83. The first kappa shape index (κ1) is 30.1. The lowest BCUT2D eigenvalue weighted by atomic mass is 9.79. The Balaban J connectivity index is 2.77. The molecule has 1 atom stereocenters. The Labute approximate surface area is 208 Å². The van der Waals surface area contributed by atoms with Crippen molar-refractivity contribution in [1.29, 1.82) is 0 Å². The lowest BCUT2D eigenvalue weighted by Crippen LogP contribution is -2.50. The smallest absolute Gasteiger partial charge is 0.435 e. The van der Waals surface area contributed by atoms with Crippen molar-refractivity contribution in [2.24, 2.45) is 4.99 Å². The van der Waals surface area contributed by atoms with Gasteiger partial charge in [-0.25, -0.2) is 5.43 Å². The Kier molecular flexibility index (Phi) is 10.1. The normalized spacial score (nSPS) is 14.4. The summed E-state index contributed by atoms with van der Waals surface area (Å²) < 4.78 is 112. The van der Waals surface area contributed by atoms with Crippen LogP contribution in [0.25, 0.3) is 0 Å². The van der Waals surface area contributed by atoms with E-state index >= 15 is 0 Å². The SMILES string of the molecule is CN=C(CC(NCCC(F)(F)F)(c1cccc(OC(F)F)c1)c1cccc(OC(F)(F)F)c1)N(C)NC. The van der Waals surface area contributed by atoms with Crippen molar-refractivity contribution in [2.45, 2.75) is 37.5 Å². The van der Waals surface area contributed by atoms with E-state index in [1.165, 1.54) is 48.5 Å². The van der Waals surface area contributed by atoms with Crippen molar-refractivity contribution in [1.82, 2.24) is 15.8 Å². The van der Waals surface area contributed by atoms with Gasteiger partial charge in [0.05, 0.1) is 12.0 Å². The Morgan fingerprint density at radius 2 is 1.54 bits per heavy atom. The number of rotatable bonds is 11. The Hall–Kier alpha value is -3.13. The third kappa shape index (κ3) is 9.04. The predicted octanol–water partition coefficient (Wildman–Crippen LogP) is 5.46. The summed E-state index contributed by atoms with van der Waals surface area (Å²) in [5.41, 5.74) is 1.32. The average Bonchev–Trinajstić information content (AvgIpc) is 2.79. The lowest BCUT2D eigenvalue weighted by Gasteiger charge is -2.38. The number of halogens is 8. The van der Waals surface area contributed by atoms with Crippen molar-refractivity contribution in [3.8, 4) is 11.5 Å². The van der Waals surface area contributed by atoms with Gasteiger partial charge in [0.25, 0.3) is 0 Å². The summed E-state index contributed by atoms with van der Waals surface area (Å²) in [4.78, 5) is 4.16. The van der Waals surface area contributed by atoms with Crippen molar-refractivity contribution < 1.29 is 44.6 Å². The number of aliphatic imine (C=N–C) groups is 1. The van der Waals surface area contributed by atoms with Crippen LogP contribution in [0.15, 0.2) is 53.5 Å². The summed E-state index contributed by atoms with van der Waals surface area (Å²) in [6, 6.07) is 9.84. The molecule has 2 rings (SSSR count). The number of hydrazine groups is 1. The maximum Gasteiger partial charge on any atom is 0.573 e. The summed E-state index contributed by atoms with van der Waals surface area (Å²) >= 11 is 0. The molecular weight excluding hydrogens is 516 g/mol. The van der Waals surface area contributed by atoms with Crippen molar-refractivity contribution in [3.05, 3.63) is 59.7 Å². The second-order valence-electron chi connectivity index (χ2n) is 7.78. The van der Waals surface area contributed by atoms with Gasteiger partial charge in [0.15, 0.2) is 0 Å². The molecule has 0 saturated heterocycles. The first-order valence-electron chi connectivity index (χ1n) is 10.8. The topological polar surface area (TPSA) is 58.1 Å². The lowest BCUT2D eigenvalue weighted by molar-refractivity contribution is -0.274. The molecule has 14 heteroatoms. The van der Waals surface area contributed by atoms with Crippen molar-refractivity contribution in [3.63, 3.8) is 0 Å². The quantitative estimate of drug-likeness (QED) is 0.171. The van der Waals surface area contributed by atoms with Gasteiger partial charge in [-0.3, -0.25) is 10.0 Å². The molecule has 1 unspecified atom stereocenters. The van der Waals surface area contributed by atoms with E-state index in [1.54, 1.807) is 14.1 Å². The Morgan fingerprint density at radius 3 is 2.03 bits per heavy atom. The number of hydrogen-bond acceptors (Lipinski definition) is 5. The maximum atomic E-state index is 13.1. The molecule has 206 valence electrons. The van der Waals surface area contributed by atoms with E-state index in [2.05, 4.69) is 25.2 Å². The molecule has 0 aromatic heterocycles. The van der Waals surface area contributed by atoms with Crippen LogP contribution in [0, 0.1) is 0 Å². The molecule has 0 heterocycles. The first-order valence-corrected chi connectivity index (χ1v) is 10.8. The van der Waals surface area contributed by atoms with Crippen LogP contribution in [0.2, 0.25) is 0 Å². The standard InChI is InChI=1S/C23H26F8N4O2/c1-32-19(35(3)33-2)14-21(34-11-10-22(26,27)28,15-6-4-8-17(12-15)36-20(24)25)16-7-5-9-18(13-16)37-23(29,30)31/h4-9,12-13,20,33-34H,10-11,14H2,1-3H3. The highest BCUT2D eigenvalue weighted by Gasteiger charge is 2.39. The van der Waals surface area contributed by atoms with Crippen LogP contribution < -0.4 is 20.2 Å². The van der Waals surface area contributed by atoms with Gasteiger partial charge in [0, 0.05) is 34.1 Å². The molecule has 0 bridgehead atoms. The van der Waals surface area contributed by atoms with Gasteiger partial charge in [-0.05, 0) is 35.4 Å². The molecule has 37 heavy (non-hydrogen) atoms. The molecule has 0 saturated carbocycles. The van der Waals surface area contributed by atoms with Crippen LogP contribution in [0.1, 0.15) is 24.0 Å². The number of nitrogens with zero attached hydrogens (tertiary/aromatic N) is 2. The van der Waals surface area contributed by atoms with Gasteiger partial charge in [-0.1, -0.05) is 24.3 Å². The molecule has 2 N–H and O–H groups in total. The Morgan fingerprint density at radius 1 is 0.973 bits per heavy atom. The third-order valence-corrected chi connectivity index (χ3v) is 5.35. The van der Waals surface area contributed by atoms with Crippen molar-refractivity contribution in [2.75, 3.05) is 27.7 Å². The highest BCUT2D eigenvalue weighted by Crippen LogP contribution is 2.38. The molecule has 0 aliphatic carbocycles.